The molecule has 0 radical (unpaired) electrons. The highest BCUT2D eigenvalue weighted by Gasteiger charge is 2.61. The Labute approximate surface area is 134 Å². The average Bonchev–Trinajstić information content (AvgIpc) is 2.99. The number of carbonyl (C=O) groups is 1. The maximum absolute atomic E-state index is 13.0. The van der Waals surface area contributed by atoms with Crippen molar-refractivity contribution in [3.05, 3.63) is 33.8 Å². The highest BCUT2D eigenvalue weighted by atomic mass is 79.9. The van der Waals surface area contributed by atoms with E-state index in [0.29, 0.717) is 35.7 Å². The topological polar surface area (TPSA) is 20.3 Å². The smallest absolute Gasteiger partial charge is 0.227 e. The number of rotatable bonds is 1. The van der Waals surface area contributed by atoms with Gasteiger partial charge in [0.2, 0.25) is 5.91 Å². The maximum atomic E-state index is 13.0. The van der Waals surface area contributed by atoms with Crippen molar-refractivity contribution < 1.29 is 4.79 Å². The second-order valence-electron chi connectivity index (χ2n) is 7.32. The Balaban J connectivity index is 1.41. The zero-order valence-corrected chi connectivity index (χ0v) is 13.7. The van der Waals surface area contributed by atoms with Gasteiger partial charge < -0.3 is 4.90 Å². The Morgan fingerprint density at radius 3 is 2.67 bits per heavy atom. The molecular weight excluding hydrogens is 326 g/mol. The Kier molecular flexibility index (Phi) is 2.62. The van der Waals surface area contributed by atoms with Gasteiger partial charge >= 0.3 is 0 Å². The van der Waals surface area contributed by atoms with Gasteiger partial charge in [-0.25, -0.2) is 0 Å². The number of fused-ring (bicyclic) bond motifs is 5. The molecule has 4 aliphatic rings. The largest absolute Gasteiger partial charge is 0.336 e. The van der Waals surface area contributed by atoms with Crippen LogP contribution in [0.4, 0.5) is 0 Å². The van der Waals surface area contributed by atoms with Crippen molar-refractivity contribution in [1.29, 1.82) is 0 Å². The van der Waals surface area contributed by atoms with Gasteiger partial charge in [-0.2, -0.15) is 0 Å². The monoisotopic (exact) mass is 345 g/mol. The third kappa shape index (κ3) is 1.73. The summed E-state index contributed by atoms with van der Waals surface area (Å²) in [6, 6.07) is 7.75. The number of nitrogens with zero attached hydrogens (tertiary/aromatic N) is 1. The third-order valence-electron chi connectivity index (χ3n) is 6.33. The fourth-order valence-corrected chi connectivity index (χ4v) is 5.73. The zero-order chi connectivity index (χ0) is 14.1. The number of hydrogen-bond acceptors (Lipinski definition) is 1. The van der Waals surface area contributed by atoms with Crippen molar-refractivity contribution in [1.82, 2.24) is 4.90 Å². The van der Waals surface area contributed by atoms with Crippen LogP contribution in [0.2, 0.25) is 0 Å². The predicted molar refractivity (Wildman–Crippen MR) is 85.1 cm³/mol. The molecule has 1 saturated carbocycles. The van der Waals surface area contributed by atoms with Gasteiger partial charge in [-0.05, 0) is 73.6 Å². The van der Waals surface area contributed by atoms with Crippen LogP contribution in [0.5, 0.6) is 0 Å². The summed E-state index contributed by atoms with van der Waals surface area (Å²) in [4.78, 5) is 15.4. The van der Waals surface area contributed by atoms with Crippen molar-refractivity contribution in [3.8, 4) is 0 Å². The first-order valence-corrected chi connectivity index (χ1v) is 9.14. The van der Waals surface area contributed by atoms with Crippen molar-refractivity contribution >= 4 is 21.8 Å². The van der Waals surface area contributed by atoms with Crippen LogP contribution in [-0.2, 0) is 11.2 Å². The highest BCUT2D eigenvalue weighted by Crippen LogP contribution is 2.62. The van der Waals surface area contributed by atoms with Crippen LogP contribution in [0.3, 0.4) is 0 Å². The van der Waals surface area contributed by atoms with Crippen LogP contribution in [0.1, 0.15) is 49.1 Å². The minimum atomic E-state index is 0.299. The number of hydrogen-bond donors (Lipinski definition) is 0. The lowest BCUT2D eigenvalue weighted by molar-refractivity contribution is -0.137. The molecule has 110 valence electrons. The summed E-state index contributed by atoms with van der Waals surface area (Å²) < 4.78 is 1.15. The Morgan fingerprint density at radius 2 is 1.90 bits per heavy atom. The predicted octanol–water partition coefficient (Wildman–Crippen LogP) is 3.88. The standard InChI is InChI=1S/C18H20BrNO/c19-11-5-4-10-8-15-16(14(10)9-11)17(15)18(21)20-12-2-1-3-13(20)7-6-12/h4-5,9,12-13,15-17H,1-3,6-8H2. The number of benzene rings is 1. The minimum absolute atomic E-state index is 0.299. The first-order valence-electron chi connectivity index (χ1n) is 8.34. The molecule has 2 aliphatic heterocycles. The summed E-state index contributed by atoms with van der Waals surface area (Å²) >= 11 is 3.58. The van der Waals surface area contributed by atoms with E-state index < -0.39 is 0 Å². The van der Waals surface area contributed by atoms with E-state index in [0.717, 1.165) is 10.9 Å². The van der Waals surface area contributed by atoms with Crippen LogP contribution in [0, 0.1) is 11.8 Å². The SMILES string of the molecule is O=C(C1C2Cc3ccc(Br)cc3C21)N1C2CCCC1CC2. The third-order valence-corrected chi connectivity index (χ3v) is 6.82. The van der Waals surface area contributed by atoms with Gasteiger partial charge in [-0.1, -0.05) is 22.0 Å². The van der Waals surface area contributed by atoms with Gasteiger partial charge in [0.05, 0.1) is 0 Å². The van der Waals surface area contributed by atoms with Gasteiger partial charge in [0, 0.05) is 22.5 Å². The normalized spacial score (nSPS) is 39.1. The summed E-state index contributed by atoms with van der Waals surface area (Å²) in [6.07, 6.45) is 7.43. The second-order valence-corrected chi connectivity index (χ2v) is 8.24. The van der Waals surface area contributed by atoms with Gasteiger partial charge in [-0.3, -0.25) is 4.79 Å². The Morgan fingerprint density at radius 1 is 1.14 bits per heavy atom. The highest BCUT2D eigenvalue weighted by molar-refractivity contribution is 9.10. The Hall–Kier alpha value is -0.830. The molecule has 3 fully saturated rings. The molecule has 5 unspecified atom stereocenters. The van der Waals surface area contributed by atoms with Gasteiger partial charge in [0.25, 0.3) is 0 Å². The summed E-state index contributed by atoms with van der Waals surface area (Å²) in [5.41, 5.74) is 2.91. The molecular formula is C18H20BrNO. The molecule has 1 amide bonds. The molecule has 2 heterocycles. The van der Waals surface area contributed by atoms with E-state index in [-0.39, 0.29) is 0 Å². The zero-order valence-electron chi connectivity index (χ0n) is 12.1. The molecule has 0 aromatic heterocycles. The number of amides is 1. The van der Waals surface area contributed by atoms with Gasteiger partial charge in [0.15, 0.2) is 0 Å². The van der Waals surface area contributed by atoms with Crippen molar-refractivity contribution in [3.63, 3.8) is 0 Å². The van der Waals surface area contributed by atoms with Crippen molar-refractivity contribution in [2.75, 3.05) is 0 Å². The number of halogens is 1. The molecule has 2 aliphatic carbocycles. The fourth-order valence-electron chi connectivity index (χ4n) is 5.35. The maximum Gasteiger partial charge on any atom is 0.227 e. The van der Waals surface area contributed by atoms with Crippen LogP contribution in [-0.4, -0.2) is 22.9 Å². The van der Waals surface area contributed by atoms with E-state index in [2.05, 4.69) is 39.0 Å². The molecule has 5 rings (SSSR count). The molecule has 0 spiro atoms. The van der Waals surface area contributed by atoms with E-state index >= 15 is 0 Å². The number of carbonyl (C=O) groups excluding carboxylic acids is 1. The summed E-state index contributed by atoms with van der Waals surface area (Å²) in [5.74, 6) is 1.91. The van der Waals surface area contributed by atoms with Crippen LogP contribution >= 0.6 is 15.9 Å². The number of piperidine rings is 1. The molecule has 2 saturated heterocycles. The van der Waals surface area contributed by atoms with Crippen LogP contribution < -0.4 is 0 Å². The molecule has 1 aromatic rings. The lowest BCUT2D eigenvalue weighted by atomic mass is 9.98. The molecule has 2 nitrogen and oxygen atoms in total. The second kappa shape index (κ2) is 4.34. The molecule has 0 N–H and O–H groups in total. The van der Waals surface area contributed by atoms with Crippen LogP contribution in [0.25, 0.3) is 0 Å². The Bertz CT molecular complexity index is 612. The van der Waals surface area contributed by atoms with Gasteiger partial charge in [-0.15, -0.1) is 0 Å². The molecule has 21 heavy (non-hydrogen) atoms. The van der Waals surface area contributed by atoms with Crippen LogP contribution in [0.15, 0.2) is 22.7 Å². The lowest BCUT2D eigenvalue weighted by Gasteiger charge is -2.35. The quantitative estimate of drug-likeness (QED) is 0.756. The van der Waals surface area contributed by atoms with Crippen molar-refractivity contribution in [2.24, 2.45) is 11.8 Å². The lowest BCUT2D eigenvalue weighted by Crippen LogP contribution is -2.45. The van der Waals surface area contributed by atoms with Gasteiger partial charge in [0.1, 0.15) is 0 Å². The summed E-state index contributed by atoms with van der Waals surface area (Å²) in [5, 5.41) is 0. The van der Waals surface area contributed by atoms with E-state index in [9.17, 15) is 4.79 Å². The minimum Gasteiger partial charge on any atom is -0.336 e. The molecule has 2 bridgehead atoms. The molecule has 3 heteroatoms. The summed E-state index contributed by atoms with van der Waals surface area (Å²) in [7, 11) is 0. The van der Waals surface area contributed by atoms with E-state index in [4.69, 9.17) is 0 Å². The average molecular weight is 346 g/mol. The molecule has 5 atom stereocenters. The van der Waals surface area contributed by atoms with E-state index in [1.165, 1.54) is 43.2 Å². The first kappa shape index (κ1) is 12.7. The van der Waals surface area contributed by atoms with Crippen molar-refractivity contribution in [2.45, 2.75) is 56.5 Å². The first-order chi connectivity index (χ1) is 10.2. The van der Waals surface area contributed by atoms with E-state index in [1.54, 1.807) is 0 Å². The van der Waals surface area contributed by atoms with E-state index in [1.807, 2.05) is 0 Å². The fraction of sp³-hybridized carbons (Fsp3) is 0.611. The molecule has 1 aromatic carbocycles. The summed E-state index contributed by atoms with van der Waals surface area (Å²) in [6.45, 7) is 0.